The first-order valence-electron chi connectivity index (χ1n) is 6.86. The van der Waals surface area contributed by atoms with E-state index in [0.717, 1.165) is 18.2 Å². The molecule has 0 fully saturated rings. The molecule has 2 aromatic carbocycles. The number of hydrogen-bond donors (Lipinski definition) is 2. The molecule has 0 aliphatic rings. The quantitative estimate of drug-likeness (QED) is 0.472. The lowest BCUT2D eigenvalue weighted by Crippen LogP contribution is -2.34. The summed E-state index contributed by atoms with van der Waals surface area (Å²) in [7, 11) is 0. The predicted molar refractivity (Wildman–Crippen MR) is 94.6 cm³/mol. The summed E-state index contributed by atoms with van der Waals surface area (Å²) in [6, 6.07) is 10.8. The van der Waals surface area contributed by atoms with E-state index in [-0.39, 0.29) is 10.7 Å². The third-order valence-corrected chi connectivity index (χ3v) is 3.27. The van der Waals surface area contributed by atoms with Crippen LogP contribution in [0.4, 0.5) is 17.1 Å². The predicted octanol–water partition coefficient (Wildman–Crippen LogP) is 2.50. The van der Waals surface area contributed by atoms with E-state index in [1.165, 1.54) is 6.07 Å². The largest absolute Gasteiger partial charge is 0.332 e. The van der Waals surface area contributed by atoms with E-state index < -0.39 is 27.1 Å². The molecule has 0 aliphatic heterocycles. The molecule has 0 bridgehead atoms. The number of hydrogen-bond acceptors (Lipinski definition) is 7. The Hall–Kier alpha value is -3.91. The number of rotatable bonds is 4. The molecule has 0 heterocycles. The number of thiocarbonyl (C=S) groups is 1. The van der Waals surface area contributed by atoms with Crippen molar-refractivity contribution >= 4 is 40.3 Å². The van der Waals surface area contributed by atoms with Gasteiger partial charge < -0.3 is 5.32 Å². The third kappa shape index (κ3) is 4.56. The van der Waals surface area contributed by atoms with Crippen molar-refractivity contribution < 1.29 is 14.6 Å². The molecule has 11 heteroatoms. The number of anilines is 1. The van der Waals surface area contributed by atoms with Crippen LogP contribution in [-0.2, 0) is 0 Å². The lowest BCUT2D eigenvalue weighted by atomic mass is 10.1. The van der Waals surface area contributed by atoms with Crippen LogP contribution in [0, 0.1) is 31.6 Å². The Morgan fingerprint density at radius 1 is 1.08 bits per heavy atom. The summed E-state index contributed by atoms with van der Waals surface area (Å²) in [6.45, 7) is 0. The molecule has 0 saturated carbocycles. The average molecular weight is 371 g/mol. The molecule has 0 aliphatic carbocycles. The molecular formula is C15H9N5O5S. The van der Waals surface area contributed by atoms with Gasteiger partial charge in [0.2, 0.25) is 0 Å². The van der Waals surface area contributed by atoms with Crippen molar-refractivity contribution in [2.24, 2.45) is 0 Å². The SMILES string of the molecule is N#Cc1cccc(NC(=S)NC(=O)c2cc([N+](=O)[O-])cc([N+](=O)[O-])c2)c1. The Labute approximate surface area is 151 Å². The molecule has 2 aromatic rings. The number of nitriles is 1. The highest BCUT2D eigenvalue weighted by atomic mass is 32.1. The molecule has 2 rings (SSSR count). The van der Waals surface area contributed by atoms with Crippen molar-refractivity contribution in [3.63, 3.8) is 0 Å². The summed E-state index contributed by atoms with van der Waals surface area (Å²) in [4.78, 5) is 32.2. The second kappa shape index (κ2) is 7.77. The van der Waals surface area contributed by atoms with E-state index in [0.29, 0.717) is 11.3 Å². The summed E-state index contributed by atoms with van der Waals surface area (Å²) in [5.74, 6) is -0.856. The standard InChI is InChI=1S/C15H9N5O5S/c16-8-9-2-1-3-11(4-9)17-15(26)18-14(21)10-5-12(19(22)23)7-13(6-10)20(24)25/h1-7H,(H2,17,18,21,26). The number of carbonyl (C=O) groups excluding carboxylic acids is 1. The van der Waals surface area contributed by atoms with Gasteiger partial charge in [-0.25, -0.2) is 0 Å². The average Bonchev–Trinajstić information content (AvgIpc) is 2.61. The molecule has 0 radical (unpaired) electrons. The van der Waals surface area contributed by atoms with Crippen LogP contribution < -0.4 is 10.6 Å². The smallest absolute Gasteiger partial charge is 0.277 e. The minimum atomic E-state index is -0.856. The molecule has 26 heavy (non-hydrogen) atoms. The van der Waals surface area contributed by atoms with E-state index in [1.54, 1.807) is 18.2 Å². The summed E-state index contributed by atoms with van der Waals surface area (Å²) in [5.41, 5.74) is -0.659. The van der Waals surface area contributed by atoms with Gasteiger partial charge >= 0.3 is 0 Å². The molecule has 1 amide bonds. The van der Waals surface area contributed by atoms with Crippen molar-refractivity contribution in [2.75, 3.05) is 5.32 Å². The fraction of sp³-hybridized carbons (Fsp3) is 0. The maximum Gasteiger partial charge on any atom is 0.277 e. The van der Waals surface area contributed by atoms with Gasteiger partial charge in [-0.05, 0) is 30.4 Å². The third-order valence-electron chi connectivity index (χ3n) is 3.06. The highest BCUT2D eigenvalue weighted by Gasteiger charge is 2.20. The van der Waals surface area contributed by atoms with E-state index in [1.807, 2.05) is 6.07 Å². The Bertz CT molecular complexity index is 937. The molecule has 0 atom stereocenters. The first-order chi connectivity index (χ1) is 12.3. The van der Waals surface area contributed by atoms with Crippen LogP contribution in [0.3, 0.4) is 0 Å². The van der Waals surface area contributed by atoms with Crippen LogP contribution in [0.15, 0.2) is 42.5 Å². The minimum absolute atomic E-state index is 0.140. The maximum atomic E-state index is 12.2. The van der Waals surface area contributed by atoms with Crippen LogP contribution in [0.1, 0.15) is 15.9 Å². The van der Waals surface area contributed by atoms with E-state index in [2.05, 4.69) is 10.6 Å². The summed E-state index contributed by atoms with van der Waals surface area (Å²) >= 11 is 4.97. The van der Waals surface area contributed by atoms with Gasteiger partial charge in [0.05, 0.1) is 33.1 Å². The summed E-state index contributed by atoms with van der Waals surface area (Å²) in [5, 5.41) is 35.4. The number of benzene rings is 2. The van der Waals surface area contributed by atoms with Gasteiger partial charge in [0.25, 0.3) is 17.3 Å². The first kappa shape index (κ1) is 18.4. The zero-order valence-corrected chi connectivity index (χ0v) is 13.6. The molecule has 10 nitrogen and oxygen atoms in total. The Morgan fingerprint density at radius 2 is 1.69 bits per heavy atom. The number of carbonyl (C=O) groups is 1. The van der Waals surface area contributed by atoms with Gasteiger partial charge in [-0.2, -0.15) is 5.26 Å². The molecule has 0 unspecified atom stereocenters. The van der Waals surface area contributed by atoms with Gasteiger partial charge in [0.15, 0.2) is 5.11 Å². The molecule has 0 aromatic heterocycles. The lowest BCUT2D eigenvalue weighted by Gasteiger charge is -2.09. The fourth-order valence-electron chi connectivity index (χ4n) is 1.94. The van der Waals surface area contributed by atoms with Crippen LogP contribution in [0.2, 0.25) is 0 Å². The van der Waals surface area contributed by atoms with Crippen LogP contribution in [0.25, 0.3) is 0 Å². The van der Waals surface area contributed by atoms with E-state index >= 15 is 0 Å². The van der Waals surface area contributed by atoms with Gasteiger partial charge in [-0.15, -0.1) is 0 Å². The van der Waals surface area contributed by atoms with Crippen molar-refractivity contribution in [1.82, 2.24) is 5.32 Å². The zero-order valence-electron chi connectivity index (χ0n) is 12.8. The summed E-state index contributed by atoms with van der Waals surface area (Å²) in [6.07, 6.45) is 0. The number of non-ortho nitro benzene ring substituents is 2. The Balaban J connectivity index is 2.18. The van der Waals surface area contributed by atoms with Gasteiger partial charge in [0, 0.05) is 17.8 Å². The van der Waals surface area contributed by atoms with Crippen LogP contribution in [-0.4, -0.2) is 20.9 Å². The number of amides is 1. The van der Waals surface area contributed by atoms with Crippen molar-refractivity contribution in [1.29, 1.82) is 5.26 Å². The molecule has 2 N–H and O–H groups in total. The Morgan fingerprint density at radius 3 is 2.23 bits per heavy atom. The topological polar surface area (TPSA) is 151 Å². The highest BCUT2D eigenvalue weighted by Crippen LogP contribution is 2.22. The van der Waals surface area contributed by atoms with Gasteiger partial charge in [-0.3, -0.25) is 30.3 Å². The molecule has 0 spiro atoms. The van der Waals surface area contributed by atoms with Crippen molar-refractivity contribution in [3.05, 3.63) is 73.8 Å². The second-order valence-corrected chi connectivity index (χ2v) is 5.26. The molecule has 0 saturated heterocycles. The number of nitro benzene ring substituents is 2. The fourth-order valence-corrected chi connectivity index (χ4v) is 2.15. The minimum Gasteiger partial charge on any atom is -0.332 e. The Kier molecular flexibility index (Phi) is 5.51. The normalized spacial score (nSPS) is 9.65. The molecule has 130 valence electrons. The number of nitrogens with zero attached hydrogens (tertiary/aromatic N) is 3. The molecular weight excluding hydrogens is 362 g/mol. The zero-order chi connectivity index (χ0) is 19.3. The monoisotopic (exact) mass is 371 g/mol. The van der Waals surface area contributed by atoms with Gasteiger partial charge in [-0.1, -0.05) is 6.07 Å². The van der Waals surface area contributed by atoms with E-state index in [9.17, 15) is 25.0 Å². The lowest BCUT2D eigenvalue weighted by molar-refractivity contribution is -0.394. The van der Waals surface area contributed by atoms with Crippen molar-refractivity contribution in [2.45, 2.75) is 0 Å². The van der Waals surface area contributed by atoms with Crippen LogP contribution >= 0.6 is 12.2 Å². The van der Waals surface area contributed by atoms with Crippen molar-refractivity contribution in [3.8, 4) is 6.07 Å². The van der Waals surface area contributed by atoms with Gasteiger partial charge in [0.1, 0.15) is 0 Å². The number of nitro groups is 2. The maximum absolute atomic E-state index is 12.2. The highest BCUT2D eigenvalue weighted by molar-refractivity contribution is 7.80. The number of nitrogens with one attached hydrogen (secondary N) is 2. The first-order valence-corrected chi connectivity index (χ1v) is 7.27. The van der Waals surface area contributed by atoms with E-state index in [4.69, 9.17) is 17.5 Å². The summed E-state index contributed by atoms with van der Waals surface area (Å²) < 4.78 is 0. The van der Waals surface area contributed by atoms with Crippen LogP contribution in [0.5, 0.6) is 0 Å². The second-order valence-electron chi connectivity index (χ2n) is 4.85.